The maximum Gasteiger partial charge on any atom is 0.228 e. The fourth-order valence-corrected chi connectivity index (χ4v) is 3.16. The lowest BCUT2D eigenvalue weighted by Gasteiger charge is -2.37. The standard InChI is InChI=1S/C18H25ClN6O.HI/c1-3-20-18(21-8-7-17-22-14(2)23-26-17)25-11-9-24(10-12-25)16-6-4-5-15(19)13-16;/h4-6,13H,3,7-12H2,1-2H3,(H,20,21);1H. The molecule has 1 saturated heterocycles. The summed E-state index contributed by atoms with van der Waals surface area (Å²) in [6.45, 7) is 9.07. The normalized spacial score (nSPS) is 14.9. The van der Waals surface area contributed by atoms with Crippen LogP contribution in [0.2, 0.25) is 5.02 Å². The molecule has 27 heavy (non-hydrogen) atoms. The molecule has 1 aliphatic heterocycles. The van der Waals surface area contributed by atoms with Gasteiger partial charge in [-0.25, -0.2) is 0 Å². The Labute approximate surface area is 182 Å². The highest BCUT2D eigenvalue weighted by atomic mass is 127. The molecule has 0 aliphatic carbocycles. The second-order valence-corrected chi connectivity index (χ2v) is 6.61. The van der Waals surface area contributed by atoms with Crippen LogP contribution in [-0.2, 0) is 6.42 Å². The third kappa shape index (κ3) is 6.24. The van der Waals surface area contributed by atoms with Gasteiger partial charge in [0.15, 0.2) is 11.8 Å². The molecule has 0 spiro atoms. The van der Waals surface area contributed by atoms with Gasteiger partial charge in [-0.05, 0) is 32.0 Å². The van der Waals surface area contributed by atoms with Gasteiger partial charge in [0.1, 0.15) is 0 Å². The number of nitrogens with one attached hydrogen (secondary N) is 1. The van der Waals surface area contributed by atoms with Crippen molar-refractivity contribution in [1.29, 1.82) is 0 Å². The zero-order valence-corrected chi connectivity index (χ0v) is 18.8. The van der Waals surface area contributed by atoms with Gasteiger partial charge in [0.05, 0.1) is 6.54 Å². The van der Waals surface area contributed by atoms with Gasteiger partial charge in [0, 0.05) is 49.9 Å². The number of aliphatic imine (C=N–C) groups is 1. The molecule has 148 valence electrons. The third-order valence-corrected chi connectivity index (χ3v) is 4.48. The van der Waals surface area contributed by atoms with E-state index >= 15 is 0 Å². The zero-order valence-electron chi connectivity index (χ0n) is 15.7. The van der Waals surface area contributed by atoms with Gasteiger partial charge in [-0.3, -0.25) is 4.99 Å². The molecule has 0 atom stereocenters. The Hall–Kier alpha value is -1.55. The Kier molecular flexibility index (Phi) is 8.62. The number of guanidine groups is 1. The lowest BCUT2D eigenvalue weighted by Crippen LogP contribution is -2.52. The number of hydrogen-bond donors (Lipinski definition) is 1. The van der Waals surface area contributed by atoms with Crippen LogP contribution in [0.3, 0.4) is 0 Å². The Morgan fingerprint density at radius 3 is 2.70 bits per heavy atom. The molecular weight excluding hydrogens is 479 g/mol. The number of anilines is 1. The summed E-state index contributed by atoms with van der Waals surface area (Å²) in [4.78, 5) is 13.6. The molecule has 0 radical (unpaired) electrons. The van der Waals surface area contributed by atoms with E-state index in [1.54, 1.807) is 0 Å². The molecule has 1 aliphatic rings. The first-order valence-corrected chi connectivity index (χ1v) is 9.36. The summed E-state index contributed by atoms with van der Waals surface area (Å²) >= 11 is 6.11. The Bertz CT molecular complexity index is 745. The van der Waals surface area contributed by atoms with E-state index in [1.165, 1.54) is 5.69 Å². The molecule has 2 aromatic rings. The van der Waals surface area contributed by atoms with Crippen LogP contribution in [0.25, 0.3) is 0 Å². The number of halogens is 2. The van der Waals surface area contributed by atoms with Crippen molar-refractivity contribution in [1.82, 2.24) is 20.4 Å². The molecule has 3 rings (SSSR count). The largest absolute Gasteiger partial charge is 0.368 e. The molecule has 1 fully saturated rings. The summed E-state index contributed by atoms with van der Waals surface area (Å²) in [6.07, 6.45) is 0.651. The number of piperazine rings is 1. The first-order valence-electron chi connectivity index (χ1n) is 8.98. The van der Waals surface area contributed by atoms with Crippen LogP contribution in [0.1, 0.15) is 18.6 Å². The maximum absolute atomic E-state index is 6.11. The Morgan fingerprint density at radius 1 is 1.30 bits per heavy atom. The summed E-state index contributed by atoms with van der Waals surface area (Å²) in [6, 6.07) is 8.02. The molecule has 9 heteroatoms. The number of rotatable bonds is 5. The van der Waals surface area contributed by atoms with Gasteiger partial charge in [-0.15, -0.1) is 24.0 Å². The number of aromatic nitrogens is 2. The lowest BCUT2D eigenvalue weighted by molar-refractivity contribution is 0.368. The van der Waals surface area contributed by atoms with Crippen LogP contribution in [0.5, 0.6) is 0 Å². The fourth-order valence-electron chi connectivity index (χ4n) is 2.97. The van der Waals surface area contributed by atoms with E-state index in [2.05, 4.69) is 38.2 Å². The summed E-state index contributed by atoms with van der Waals surface area (Å²) in [5.41, 5.74) is 1.17. The van der Waals surface area contributed by atoms with Crippen LogP contribution in [0.15, 0.2) is 33.8 Å². The van der Waals surface area contributed by atoms with Crippen LogP contribution < -0.4 is 10.2 Å². The van der Waals surface area contributed by atoms with Crippen LogP contribution in [-0.4, -0.2) is 60.3 Å². The lowest BCUT2D eigenvalue weighted by atomic mass is 10.2. The molecule has 0 unspecified atom stereocenters. The minimum absolute atomic E-state index is 0. The topological polar surface area (TPSA) is 69.8 Å². The van der Waals surface area contributed by atoms with E-state index in [-0.39, 0.29) is 24.0 Å². The van der Waals surface area contributed by atoms with Gasteiger partial charge in [0.2, 0.25) is 5.89 Å². The van der Waals surface area contributed by atoms with Gasteiger partial charge in [-0.1, -0.05) is 22.8 Å². The zero-order chi connectivity index (χ0) is 18.4. The summed E-state index contributed by atoms with van der Waals surface area (Å²) < 4.78 is 5.14. The van der Waals surface area contributed by atoms with Gasteiger partial charge in [-0.2, -0.15) is 4.98 Å². The van der Waals surface area contributed by atoms with Crippen LogP contribution in [0.4, 0.5) is 5.69 Å². The minimum atomic E-state index is 0. The summed E-state index contributed by atoms with van der Waals surface area (Å²) in [5, 5.41) is 7.96. The SMILES string of the molecule is CCNC(=NCCc1nc(C)no1)N1CCN(c2cccc(Cl)c2)CC1.I. The molecule has 7 nitrogen and oxygen atoms in total. The Morgan fingerprint density at radius 2 is 2.07 bits per heavy atom. The highest BCUT2D eigenvalue weighted by Gasteiger charge is 2.20. The monoisotopic (exact) mass is 504 g/mol. The van der Waals surface area contributed by atoms with Gasteiger partial charge in [0.25, 0.3) is 0 Å². The Balaban J connectivity index is 0.00000261. The number of benzene rings is 1. The van der Waals surface area contributed by atoms with Crippen molar-refractivity contribution in [3.05, 3.63) is 41.0 Å². The second kappa shape index (κ2) is 10.7. The van der Waals surface area contributed by atoms with Crippen molar-refractivity contribution >= 4 is 47.2 Å². The third-order valence-electron chi connectivity index (χ3n) is 4.24. The maximum atomic E-state index is 6.11. The first kappa shape index (κ1) is 21.7. The van der Waals surface area contributed by atoms with Crippen molar-refractivity contribution in [3.8, 4) is 0 Å². The quantitative estimate of drug-likeness (QED) is 0.384. The van der Waals surface area contributed by atoms with E-state index in [0.29, 0.717) is 24.7 Å². The first-order chi connectivity index (χ1) is 12.7. The van der Waals surface area contributed by atoms with E-state index in [9.17, 15) is 0 Å². The van der Waals surface area contributed by atoms with E-state index in [4.69, 9.17) is 21.1 Å². The predicted molar refractivity (Wildman–Crippen MR) is 119 cm³/mol. The smallest absolute Gasteiger partial charge is 0.228 e. The summed E-state index contributed by atoms with van der Waals surface area (Å²) in [7, 11) is 0. The average Bonchev–Trinajstić information content (AvgIpc) is 3.06. The molecule has 2 heterocycles. The second-order valence-electron chi connectivity index (χ2n) is 6.17. The number of aryl methyl sites for hydroxylation is 1. The highest BCUT2D eigenvalue weighted by molar-refractivity contribution is 14.0. The van der Waals surface area contributed by atoms with Crippen LogP contribution >= 0.6 is 35.6 Å². The average molecular weight is 505 g/mol. The molecular formula is C18H26ClIN6O. The molecule has 1 aromatic carbocycles. The van der Waals surface area contributed by atoms with Crippen molar-refractivity contribution in [2.24, 2.45) is 4.99 Å². The number of nitrogens with zero attached hydrogens (tertiary/aromatic N) is 5. The van der Waals surface area contributed by atoms with E-state index in [0.717, 1.165) is 43.7 Å². The van der Waals surface area contributed by atoms with Gasteiger partial charge >= 0.3 is 0 Å². The van der Waals surface area contributed by atoms with E-state index < -0.39 is 0 Å². The van der Waals surface area contributed by atoms with Crippen molar-refractivity contribution in [2.45, 2.75) is 20.3 Å². The fraction of sp³-hybridized carbons (Fsp3) is 0.500. The molecule has 1 N–H and O–H groups in total. The van der Waals surface area contributed by atoms with Crippen molar-refractivity contribution in [3.63, 3.8) is 0 Å². The van der Waals surface area contributed by atoms with Crippen molar-refractivity contribution in [2.75, 3.05) is 44.2 Å². The highest BCUT2D eigenvalue weighted by Crippen LogP contribution is 2.20. The number of hydrogen-bond acceptors (Lipinski definition) is 5. The molecule has 0 saturated carbocycles. The van der Waals surface area contributed by atoms with Crippen LogP contribution in [0, 0.1) is 6.92 Å². The van der Waals surface area contributed by atoms with E-state index in [1.807, 2.05) is 25.1 Å². The molecule has 0 bridgehead atoms. The summed E-state index contributed by atoms with van der Waals surface area (Å²) in [5.74, 6) is 2.23. The minimum Gasteiger partial charge on any atom is -0.368 e. The molecule has 0 amide bonds. The molecule has 1 aromatic heterocycles. The van der Waals surface area contributed by atoms with Crippen molar-refractivity contribution < 1.29 is 4.52 Å². The van der Waals surface area contributed by atoms with Gasteiger partial charge < -0.3 is 19.6 Å². The predicted octanol–water partition coefficient (Wildman–Crippen LogP) is 2.98.